The maximum Gasteiger partial charge on any atom is 0.184 e. The summed E-state index contributed by atoms with van der Waals surface area (Å²) in [7, 11) is 0. The fourth-order valence-electron chi connectivity index (χ4n) is 3.02. The molecule has 2 aliphatic heterocycles. The molecule has 0 bridgehead atoms. The number of fused-ring (bicyclic) bond motifs is 1. The minimum absolute atomic E-state index is 0.0715. The Morgan fingerprint density at radius 3 is 2.73 bits per heavy atom. The predicted molar refractivity (Wildman–Crippen MR) is 84.3 cm³/mol. The summed E-state index contributed by atoms with van der Waals surface area (Å²) in [5.41, 5.74) is 9.63. The van der Waals surface area contributed by atoms with Gasteiger partial charge in [0.05, 0.1) is 18.8 Å². The molecule has 7 heteroatoms. The summed E-state index contributed by atoms with van der Waals surface area (Å²) in [6, 6.07) is 9.60. The van der Waals surface area contributed by atoms with E-state index in [4.69, 9.17) is 19.7 Å². The van der Waals surface area contributed by atoms with Crippen molar-refractivity contribution in [3.05, 3.63) is 46.3 Å². The van der Waals surface area contributed by atoms with Crippen LogP contribution in [0.2, 0.25) is 0 Å². The van der Waals surface area contributed by atoms with E-state index in [1.807, 2.05) is 36.6 Å². The minimum atomic E-state index is -0.397. The Kier molecular flexibility index (Phi) is 4.90. The molecule has 6 atom stereocenters. The fourth-order valence-corrected chi connectivity index (χ4v) is 3.86. The largest absolute Gasteiger partial charge is 0.359 e. The Balaban J connectivity index is 1.79. The van der Waals surface area contributed by atoms with Crippen LogP contribution in [0.15, 0.2) is 35.4 Å². The van der Waals surface area contributed by atoms with Gasteiger partial charge in [0.2, 0.25) is 0 Å². The second-order valence-corrected chi connectivity index (χ2v) is 6.45. The first-order valence-corrected chi connectivity index (χ1v) is 8.58. The van der Waals surface area contributed by atoms with E-state index in [-0.39, 0.29) is 29.6 Å². The molecule has 3 rings (SSSR count). The maximum absolute atomic E-state index is 8.80. The van der Waals surface area contributed by atoms with Crippen molar-refractivity contribution >= 4 is 11.8 Å². The van der Waals surface area contributed by atoms with Crippen LogP contribution in [0.3, 0.4) is 0 Å². The highest BCUT2D eigenvalue weighted by atomic mass is 32.2. The zero-order valence-corrected chi connectivity index (χ0v) is 13.3. The van der Waals surface area contributed by atoms with E-state index in [1.54, 1.807) is 11.8 Å². The Hall–Kier alpha value is -1.24. The van der Waals surface area contributed by atoms with Gasteiger partial charge in [0.15, 0.2) is 6.29 Å². The number of hydrogen-bond acceptors (Lipinski definition) is 5. The van der Waals surface area contributed by atoms with Crippen molar-refractivity contribution in [2.75, 3.05) is 12.9 Å². The molecule has 0 amide bonds. The smallest absolute Gasteiger partial charge is 0.184 e. The molecule has 22 heavy (non-hydrogen) atoms. The Labute approximate surface area is 133 Å². The summed E-state index contributed by atoms with van der Waals surface area (Å²) in [5, 5.41) is 3.92. The zero-order chi connectivity index (χ0) is 15.5. The SMILES string of the molecule is CS[C@@H]1OC2COC(c3ccccc3)O[C@H]2[C@H](C)C1N=[N+]=[N-]. The lowest BCUT2D eigenvalue weighted by molar-refractivity contribution is -0.295. The lowest BCUT2D eigenvalue weighted by Crippen LogP contribution is -2.56. The summed E-state index contributed by atoms with van der Waals surface area (Å²) in [5.74, 6) is 0.0715. The Bertz CT molecular complexity index is 552. The van der Waals surface area contributed by atoms with Gasteiger partial charge in [0.1, 0.15) is 11.5 Å². The van der Waals surface area contributed by atoms with Crippen LogP contribution in [-0.4, -0.2) is 36.5 Å². The van der Waals surface area contributed by atoms with Gasteiger partial charge >= 0.3 is 0 Å². The molecule has 1 aromatic rings. The molecule has 0 aliphatic carbocycles. The van der Waals surface area contributed by atoms with Gasteiger partial charge in [-0.2, -0.15) is 0 Å². The molecule has 0 spiro atoms. The normalized spacial score (nSPS) is 37.9. The van der Waals surface area contributed by atoms with Crippen LogP contribution in [0.1, 0.15) is 18.8 Å². The van der Waals surface area contributed by atoms with E-state index in [2.05, 4.69) is 16.9 Å². The van der Waals surface area contributed by atoms with Crippen LogP contribution < -0.4 is 0 Å². The number of azide groups is 1. The van der Waals surface area contributed by atoms with E-state index in [9.17, 15) is 0 Å². The molecule has 0 radical (unpaired) electrons. The molecule has 0 saturated carbocycles. The van der Waals surface area contributed by atoms with Crippen molar-refractivity contribution in [2.24, 2.45) is 11.0 Å². The second kappa shape index (κ2) is 6.89. The van der Waals surface area contributed by atoms with Gasteiger partial charge < -0.3 is 14.2 Å². The quantitative estimate of drug-likeness (QED) is 0.485. The lowest BCUT2D eigenvalue weighted by Gasteiger charge is -2.47. The zero-order valence-electron chi connectivity index (χ0n) is 12.5. The van der Waals surface area contributed by atoms with Gasteiger partial charge in [-0.25, -0.2) is 0 Å². The number of benzene rings is 1. The second-order valence-electron chi connectivity index (χ2n) is 5.51. The molecular weight excluding hydrogens is 302 g/mol. The summed E-state index contributed by atoms with van der Waals surface area (Å²) in [4.78, 5) is 2.97. The number of nitrogens with zero attached hydrogens (tertiary/aromatic N) is 3. The number of ether oxygens (including phenoxy) is 3. The highest BCUT2D eigenvalue weighted by Gasteiger charge is 2.47. The van der Waals surface area contributed by atoms with Gasteiger partial charge in [-0.05, 0) is 17.7 Å². The fraction of sp³-hybridized carbons (Fsp3) is 0.600. The van der Waals surface area contributed by atoms with E-state index in [1.165, 1.54) is 0 Å². The molecule has 0 aromatic heterocycles. The van der Waals surface area contributed by atoms with E-state index >= 15 is 0 Å². The number of rotatable bonds is 3. The molecule has 2 fully saturated rings. The highest BCUT2D eigenvalue weighted by Crippen LogP contribution is 2.40. The van der Waals surface area contributed by atoms with E-state index < -0.39 is 6.29 Å². The summed E-state index contributed by atoms with van der Waals surface area (Å²) >= 11 is 1.55. The van der Waals surface area contributed by atoms with Gasteiger partial charge in [0.25, 0.3) is 0 Å². The molecule has 118 valence electrons. The molecule has 0 N–H and O–H groups in total. The number of hydrogen-bond donors (Lipinski definition) is 0. The third-order valence-electron chi connectivity index (χ3n) is 4.19. The maximum atomic E-state index is 8.80. The average Bonchev–Trinajstić information content (AvgIpc) is 2.58. The standard InChI is InChI=1S/C15H19N3O3S/c1-9-12(17-18-16)15(22-2)20-11-8-19-14(21-13(9)11)10-6-4-3-5-7-10/h3-7,9,11-15H,8H2,1-2H3/t9-,11?,12?,13+,14?,15+/m1/s1. The molecular formula is C15H19N3O3S. The summed E-state index contributed by atoms with van der Waals surface area (Å²) in [6.07, 6.45) is 1.29. The third kappa shape index (κ3) is 2.95. The average molecular weight is 321 g/mol. The van der Waals surface area contributed by atoms with Crippen LogP contribution >= 0.6 is 11.8 Å². The molecule has 3 unspecified atom stereocenters. The first-order valence-electron chi connectivity index (χ1n) is 7.29. The van der Waals surface area contributed by atoms with Crippen molar-refractivity contribution in [3.63, 3.8) is 0 Å². The minimum Gasteiger partial charge on any atom is -0.359 e. The van der Waals surface area contributed by atoms with Crippen LogP contribution in [0, 0.1) is 5.92 Å². The Morgan fingerprint density at radius 2 is 2.05 bits per heavy atom. The lowest BCUT2D eigenvalue weighted by atomic mass is 9.89. The van der Waals surface area contributed by atoms with Crippen molar-refractivity contribution in [3.8, 4) is 0 Å². The van der Waals surface area contributed by atoms with Crippen molar-refractivity contribution in [2.45, 2.75) is 36.9 Å². The van der Waals surface area contributed by atoms with Gasteiger partial charge in [-0.1, -0.05) is 42.4 Å². The Morgan fingerprint density at radius 1 is 1.27 bits per heavy atom. The van der Waals surface area contributed by atoms with Crippen LogP contribution in [0.25, 0.3) is 10.4 Å². The number of thioether (sulfide) groups is 1. The molecule has 6 nitrogen and oxygen atoms in total. The van der Waals surface area contributed by atoms with Crippen molar-refractivity contribution in [1.82, 2.24) is 0 Å². The van der Waals surface area contributed by atoms with Crippen molar-refractivity contribution < 1.29 is 14.2 Å². The summed E-state index contributed by atoms with van der Waals surface area (Å²) in [6.45, 7) is 2.53. The van der Waals surface area contributed by atoms with Crippen LogP contribution in [0.4, 0.5) is 0 Å². The van der Waals surface area contributed by atoms with Crippen LogP contribution in [0.5, 0.6) is 0 Å². The summed E-state index contributed by atoms with van der Waals surface area (Å²) < 4.78 is 17.9. The molecule has 2 heterocycles. The van der Waals surface area contributed by atoms with Crippen molar-refractivity contribution in [1.29, 1.82) is 0 Å². The molecule has 2 aliphatic rings. The molecule has 2 saturated heterocycles. The van der Waals surface area contributed by atoms with Crippen LogP contribution in [-0.2, 0) is 14.2 Å². The molecule has 1 aromatic carbocycles. The predicted octanol–water partition coefficient (Wildman–Crippen LogP) is 3.50. The highest BCUT2D eigenvalue weighted by molar-refractivity contribution is 7.99. The van der Waals surface area contributed by atoms with E-state index in [0.717, 1.165) is 5.56 Å². The first kappa shape index (κ1) is 15.6. The monoisotopic (exact) mass is 321 g/mol. The topological polar surface area (TPSA) is 76.5 Å². The van der Waals surface area contributed by atoms with Gasteiger partial charge in [-0.15, -0.1) is 11.8 Å². The van der Waals surface area contributed by atoms with Gasteiger partial charge in [-0.3, -0.25) is 0 Å². The van der Waals surface area contributed by atoms with Gasteiger partial charge in [0, 0.05) is 10.5 Å². The van der Waals surface area contributed by atoms with E-state index in [0.29, 0.717) is 6.61 Å². The third-order valence-corrected chi connectivity index (χ3v) is 5.05. The first-order chi connectivity index (χ1) is 10.7.